The highest BCUT2D eigenvalue weighted by Crippen LogP contribution is 2.16. The maximum atomic E-state index is 5.67. The summed E-state index contributed by atoms with van der Waals surface area (Å²) >= 11 is 5.67. The second-order valence-corrected chi connectivity index (χ2v) is 4.69. The highest BCUT2D eigenvalue weighted by Gasteiger charge is 2.10. The molecular weight excluding hydrogens is 278 g/mol. The van der Waals surface area contributed by atoms with Crippen molar-refractivity contribution in [2.24, 2.45) is 0 Å². The quantitative estimate of drug-likeness (QED) is 0.690. The van der Waals surface area contributed by atoms with Crippen LogP contribution in [-0.2, 0) is 12.4 Å². The summed E-state index contributed by atoms with van der Waals surface area (Å²) in [6.07, 6.45) is 1.75. The van der Waals surface area contributed by atoms with Gasteiger partial charge in [0.25, 0.3) is 0 Å². The van der Waals surface area contributed by atoms with Crippen LogP contribution in [0.15, 0.2) is 35.0 Å². The van der Waals surface area contributed by atoms with E-state index < -0.39 is 0 Å². The van der Waals surface area contributed by atoms with E-state index in [1.54, 1.807) is 10.9 Å². The first-order valence-electron chi connectivity index (χ1n) is 6.09. The predicted octanol–water partition coefficient (Wildman–Crippen LogP) is 2.42. The first kappa shape index (κ1) is 12.8. The lowest BCUT2D eigenvalue weighted by Gasteiger charge is -1.94. The van der Waals surface area contributed by atoms with Crippen molar-refractivity contribution in [2.75, 3.05) is 0 Å². The Kier molecular flexibility index (Phi) is 3.47. The Morgan fingerprint density at radius 2 is 2.05 bits per heavy atom. The van der Waals surface area contributed by atoms with E-state index >= 15 is 0 Å². The third-order valence-electron chi connectivity index (χ3n) is 2.80. The minimum atomic E-state index is 0.332. The fourth-order valence-corrected chi connectivity index (χ4v) is 1.88. The summed E-state index contributed by atoms with van der Waals surface area (Å²) in [7, 11) is 0. The largest absolute Gasteiger partial charge is 0.337 e. The molecular formula is C13H12ClN5O. The monoisotopic (exact) mass is 289 g/mol. The van der Waals surface area contributed by atoms with Crippen molar-refractivity contribution < 1.29 is 4.52 Å². The van der Waals surface area contributed by atoms with Gasteiger partial charge < -0.3 is 4.52 Å². The molecule has 0 unspecified atom stereocenters. The van der Waals surface area contributed by atoms with Gasteiger partial charge in [-0.15, -0.1) is 16.7 Å². The molecule has 20 heavy (non-hydrogen) atoms. The standard InChI is InChI=1S/C13H12ClN5O/c1-9-2-4-10(5-3-9)13-15-12(20-17-13)8-19-7-11(6-14)16-18-19/h2-5,7H,6,8H2,1H3. The van der Waals surface area contributed by atoms with Gasteiger partial charge in [-0.05, 0) is 6.92 Å². The molecule has 0 radical (unpaired) electrons. The lowest BCUT2D eigenvalue weighted by atomic mass is 10.1. The molecule has 0 spiro atoms. The van der Waals surface area contributed by atoms with Crippen molar-refractivity contribution in [3.63, 3.8) is 0 Å². The second-order valence-electron chi connectivity index (χ2n) is 4.42. The van der Waals surface area contributed by atoms with E-state index in [4.69, 9.17) is 16.1 Å². The molecule has 0 aliphatic rings. The third kappa shape index (κ3) is 2.70. The van der Waals surface area contributed by atoms with E-state index in [1.807, 2.05) is 31.2 Å². The van der Waals surface area contributed by atoms with Crippen LogP contribution in [0.5, 0.6) is 0 Å². The molecule has 102 valence electrons. The maximum Gasteiger partial charge on any atom is 0.248 e. The normalized spacial score (nSPS) is 10.9. The molecule has 0 aliphatic heterocycles. The van der Waals surface area contributed by atoms with Gasteiger partial charge in [0.2, 0.25) is 11.7 Å². The van der Waals surface area contributed by atoms with Crippen LogP contribution in [0, 0.1) is 6.92 Å². The van der Waals surface area contributed by atoms with Crippen LogP contribution in [0.3, 0.4) is 0 Å². The summed E-state index contributed by atoms with van der Waals surface area (Å²) in [6, 6.07) is 7.95. The zero-order valence-electron chi connectivity index (χ0n) is 10.8. The van der Waals surface area contributed by atoms with Gasteiger partial charge in [0.05, 0.1) is 17.8 Å². The predicted molar refractivity (Wildman–Crippen MR) is 73.2 cm³/mol. The lowest BCUT2D eigenvalue weighted by molar-refractivity contribution is 0.364. The Bertz CT molecular complexity index is 704. The minimum Gasteiger partial charge on any atom is -0.337 e. The molecule has 0 N–H and O–H groups in total. The first-order valence-corrected chi connectivity index (χ1v) is 6.62. The van der Waals surface area contributed by atoms with Gasteiger partial charge in [0.1, 0.15) is 6.54 Å². The highest BCUT2D eigenvalue weighted by molar-refractivity contribution is 6.16. The van der Waals surface area contributed by atoms with Crippen molar-refractivity contribution in [1.82, 2.24) is 25.1 Å². The van der Waals surface area contributed by atoms with E-state index in [1.165, 1.54) is 5.56 Å². The van der Waals surface area contributed by atoms with Crippen molar-refractivity contribution >= 4 is 11.6 Å². The summed E-state index contributed by atoms with van der Waals surface area (Å²) in [6.45, 7) is 2.41. The summed E-state index contributed by atoms with van der Waals surface area (Å²) < 4.78 is 6.83. The number of halogens is 1. The number of aryl methyl sites for hydroxylation is 1. The average molecular weight is 290 g/mol. The van der Waals surface area contributed by atoms with Crippen LogP contribution >= 0.6 is 11.6 Å². The zero-order valence-corrected chi connectivity index (χ0v) is 11.6. The molecule has 0 fully saturated rings. The molecule has 0 saturated carbocycles. The molecule has 0 amide bonds. The van der Waals surface area contributed by atoms with Crippen LogP contribution in [-0.4, -0.2) is 25.1 Å². The fraction of sp³-hybridized carbons (Fsp3) is 0.231. The van der Waals surface area contributed by atoms with Crippen molar-refractivity contribution in [3.8, 4) is 11.4 Å². The number of rotatable bonds is 4. The molecule has 7 heteroatoms. The van der Waals surface area contributed by atoms with E-state index in [2.05, 4.69) is 20.5 Å². The lowest BCUT2D eigenvalue weighted by Crippen LogP contribution is -2.00. The smallest absolute Gasteiger partial charge is 0.248 e. The summed E-state index contributed by atoms with van der Waals surface area (Å²) in [5, 5.41) is 11.8. The van der Waals surface area contributed by atoms with Gasteiger partial charge in [0, 0.05) is 5.56 Å². The number of nitrogens with zero attached hydrogens (tertiary/aromatic N) is 5. The molecule has 0 atom stereocenters. The molecule has 0 aliphatic carbocycles. The summed E-state index contributed by atoms with van der Waals surface area (Å²) in [5.41, 5.74) is 2.82. The molecule has 3 rings (SSSR count). The van der Waals surface area contributed by atoms with Gasteiger partial charge in [-0.2, -0.15) is 4.98 Å². The average Bonchev–Trinajstić information content (AvgIpc) is 3.09. The highest BCUT2D eigenvalue weighted by atomic mass is 35.5. The van der Waals surface area contributed by atoms with Crippen LogP contribution in [0.2, 0.25) is 0 Å². The number of hydrogen-bond donors (Lipinski definition) is 0. The van der Waals surface area contributed by atoms with Gasteiger partial charge in [-0.25, -0.2) is 4.68 Å². The van der Waals surface area contributed by atoms with Crippen LogP contribution in [0.1, 0.15) is 17.1 Å². The molecule has 3 aromatic rings. The molecule has 6 nitrogen and oxygen atoms in total. The van der Waals surface area contributed by atoms with Crippen LogP contribution < -0.4 is 0 Å². The second kappa shape index (κ2) is 5.42. The number of aromatic nitrogens is 5. The van der Waals surface area contributed by atoms with E-state index in [9.17, 15) is 0 Å². The van der Waals surface area contributed by atoms with Crippen molar-refractivity contribution in [1.29, 1.82) is 0 Å². The maximum absolute atomic E-state index is 5.67. The number of alkyl halides is 1. The molecule has 0 saturated heterocycles. The first-order chi connectivity index (χ1) is 9.74. The molecule has 0 bridgehead atoms. The number of benzene rings is 1. The molecule has 1 aromatic carbocycles. The van der Waals surface area contributed by atoms with E-state index in [0.29, 0.717) is 29.8 Å². The molecule has 2 aromatic heterocycles. The van der Waals surface area contributed by atoms with Crippen LogP contribution in [0.4, 0.5) is 0 Å². The topological polar surface area (TPSA) is 69.6 Å². The van der Waals surface area contributed by atoms with Gasteiger partial charge in [-0.1, -0.05) is 40.2 Å². The third-order valence-corrected chi connectivity index (χ3v) is 3.07. The van der Waals surface area contributed by atoms with Gasteiger partial charge >= 0.3 is 0 Å². The summed E-state index contributed by atoms with van der Waals surface area (Å²) in [5.74, 6) is 1.38. The van der Waals surface area contributed by atoms with E-state index in [0.717, 1.165) is 5.56 Å². The number of hydrogen-bond acceptors (Lipinski definition) is 5. The van der Waals surface area contributed by atoms with Crippen molar-refractivity contribution in [3.05, 3.63) is 47.6 Å². The SMILES string of the molecule is Cc1ccc(-c2noc(Cn3cc(CCl)nn3)n2)cc1. The Morgan fingerprint density at radius 1 is 1.25 bits per heavy atom. The van der Waals surface area contributed by atoms with Crippen LogP contribution in [0.25, 0.3) is 11.4 Å². The fourth-order valence-electron chi connectivity index (χ4n) is 1.75. The summed E-state index contributed by atoms with van der Waals surface area (Å²) in [4.78, 5) is 4.34. The van der Waals surface area contributed by atoms with Crippen molar-refractivity contribution in [2.45, 2.75) is 19.3 Å². The van der Waals surface area contributed by atoms with Gasteiger partial charge in [-0.3, -0.25) is 0 Å². The van der Waals surface area contributed by atoms with E-state index in [-0.39, 0.29) is 0 Å². The Balaban J connectivity index is 1.78. The Morgan fingerprint density at radius 3 is 2.75 bits per heavy atom. The Hall–Kier alpha value is -2.21. The Labute approximate surface area is 120 Å². The molecule has 2 heterocycles. The zero-order chi connectivity index (χ0) is 13.9. The van der Waals surface area contributed by atoms with Gasteiger partial charge in [0.15, 0.2) is 0 Å². The minimum absolute atomic E-state index is 0.332.